The molecule has 0 heterocycles. The van der Waals surface area contributed by atoms with E-state index in [1.54, 1.807) is 0 Å². The molecule has 0 saturated heterocycles. The van der Waals surface area contributed by atoms with Crippen molar-refractivity contribution in [2.75, 3.05) is 0 Å². The summed E-state index contributed by atoms with van der Waals surface area (Å²) in [7, 11) is 0. The molecule has 74 valence electrons. The van der Waals surface area contributed by atoms with Crippen LogP contribution in [0.1, 0.15) is 26.2 Å². The molecule has 4 nitrogen and oxygen atoms in total. The van der Waals surface area contributed by atoms with E-state index in [1.165, 1.54) is 6.92 Å². The zero-order valence-electron chi connectivity index (χ0n) is 7.56. The Morgan fingerprint density at radius 2 is 1.69 bits per heavy atom. The molecule has 1 aliphatic carbocycles. The molecule has 0 aliphatic heterocycles. The first-order valence-electron chi connectivity index (χ1n) is 4.42. The van der Waals surface area contributed by atoms with Gasteiger partial charge in [0.05, 0.1) is 12.0 Å². The molecule has 3 unspecified atom stereocenters. The summed E-state index contributed by atoms with van der Waals surface area (Å²) >= 11 is 0. The van der Waals surface area contributed by atoms with Gasteiger partial charge in [-0.3, -0.25) is 9.59 Å². The molecule has 1 saturated carbocycles. The molecule has 0 aromatic heterocycles. The zero-order valence-corrected chi connectivity index (χ0v) is 7.56. The topological polar surface area (TPSA) is 74.6 Å². The van der Waals surface area contributed by atoms with Crippen LogP contribution in [0.4, 0.5) is 0 Å². The quantitative estimate of drug-likeness (QED) is 0.656. The zero-order chi connectivity index (χ0) is 10.0. The number of carboxylic acid groups (broad SMARTS) is 1. The van der Waals surface area contributed by atoms with Gasteiger partial charge in [0.1, 0.15) is 5.78 Å². The molecule has 0 radical (unpaired) electrons. The van der Waals surface area contributed by atoms with Crippen molar-refractivity contribution < 1.29 is 19.8 Å². The van der Waals surface area contributed by atoms with Crippen LogP contribution in [-0.2, 0) is 9.59 Å². The van der Waals surface area contributed by atoms with E-state index < -0.39 is 18.0 Å². The predicted octanol–water partition coefficient (Wildman–Crippen LogP) is 0.437. The normalized spacial score (nSPS) is 34.2. The number of carboxylic acids is 1. The van der Waals surface area contributed by atoms with Gasteiger partial charge < -0.3 is 10.2 Å². The number of ketones is 1. The molecular formula is C9H14O4. The average Bonchev–Trinajstić information content (AvgIpc) is 2.03. The summed E-state index contributed by atoms with van der Waals surface area (Å²) < 4.78 is 0. The summed E-state index contributed by atoms with van der Waals surface area (Å²) in [6.07, 6.45) is 0.434. The second-order valence-corrected chi connectivity index (χ2v) is 3.70. The number of aliphatic hydroxyl groups excluding tert-OH is 1. The van der Waals surface area contributed by atoms with E-state index in [2.05, 4.69) is 0 Å². The number of hydrogen-bond donors (Lipinski definition) is 2. The molecule has 1 rings (SSSR count). The lowest BCUT2D eigenvalue weighted by atomic mass is 9.78. The lowest BCUT2D eigenvalue weighted by Crippen LogP contribution is -2.33. The summed E-state index contributed by atoms with van der Waals surface area (Å²) in [5.74, 6) is -1.77. The highest BCUT2D eigenvalue weighted by molar-refractivity contribution is 5.80. The molecule has 2 N–H and O–H groups in total. The van der Waals surface area contributed by atoms with Crippen molar-refractivity contribution in [2.24, 2.45) is 11.8 Å². The van der Waals surface area contributed by atoms with Gasteiger partial charge in [0.15, 0.2) is 0 Å². The minimum atomic E-state index is -0.912. The Bertz CT molecular complexity index is 202. The summed E-state index contributed by atoms with van der Waals surface area (Å²) in [6, 6.07) is 0. The maximum absolute atomic E-state index is 11.0. The highest BCUT2D eigenvalue weighted by Gasteiger charge is 2.33. The van der Waals surface area contributed by atoms with E-state index in [0.717, 1.165) is 0 Å². The Hall–Kier alpha value is -0.900. The number of rotatable bonds is 2. The van der Waals surface area contributed by atoms with Gasteiger partial charge in [-0.05, 0) is 26.2 Å². The van der Waals surface area contributed by atoms with Crippen LogP contribution >= 0.6 is 0 Å². The molecule has 3 atom stereocenters. The third-order valence-electron chi connectivity index (χ3n) is 2.61. The molecule has 0 spiro atoms. The molecule has 0 aromatic carbocycles. The van der Waals surface area contributed by atoms with Crippen LogP contribution in [0, 0.1) is 11.8 Å². The Kier molecular flexibility index (Phi) is 3.03. The van der Waals surface area contributed by atoms with E-state index in [4.69, 9.17) is 5.11 Å². The fourth-order valence-electron chi connectivity index (χ4n) is 1.82. The SMILES string of the molecule is CC(=O)C1CC(O)CC(C(=O)O)C1. The van der Waals surface area contributed by atoms with Gasteiger partial charge in [0.25, 0.3) is 0 Å². The van der Waals surface area contributed by atoms with Crippen molar-refractivity contribution in [2.45, 2.75) is 32.3 Å². The van der Waals surface area contributed by atoms with Crippen molar-refractivity contribution >= 4 is 11.8 Å². The third kappa shape index (κ3) is 2.52. The smallest absolute Gasteiger partial charge is 0.306 e. The monoisotopic (exact) mass is 186 g/mol. The number of carbonyl (C=O) groups excluding carboxylic acids is 1. The van der Waals surface area contributed by atoms with Crippen LogP contribution in [0.5, 0.6) is 0 Å². The maximum atomic E-state index is 11.0. The van der Waals surface area contributed by atoms with E-state index in [1.807, 2.05) is 0 Å². The lowest BCUT2D eigenvalue weighted by Gasteiger charge is -2.28. The van der Waals surface area contributed by atoms with Crippen LogP contribution in [-0.4, -0.2) is 28.1 Å². The standard InChI is InChI=1S/C9H14O4/c1-5(10)6-2-7(9(12)13)4-8(11)3-6/h6-8,11H,2-4H2,1H3,(H,12,13). The highest BCUT2D eigenvalue weighted by atomic mass is 16.4. The number of carbonyl (C=O) groups is 2. The first-order valence-corrected chi connectivity index (χ1v) is 4.42. The number of Topliss-reactive ketones (excluding diaryl/α,β-unsaturated/α-hetero) is 1. The minimum Gasteiger partial charge on any atom is -0.481 e. The van der Waals surface area contributed by atoms with Crippen LogP contribution in [0.2, 0.25) is 0 Å². The number of aliphatic hydroxyl groups is 1. The maximum Gasteiger partial charge on any atom is 0.306 e. The van der Waals surface area contributed by atoms with E-state index >= 15 is 0 Å². The van der Waals surface area contributed by atoms with Gasteiger partial charge in [-0.25, -0.2) is 0 Å². The largest absolute Gasteiger partial charge is 0.481 e. The fraction of sp³-hybridized carbons (Fsp3) is 0.778. The first kappa shape index (κ1) is 10.2. The highest BCUT2D eigenvalue weighted by Crippen LogP contribution is 2.29. The minimum absolute atomic E-state index is 0.0231. The molecule has 1 fully saturated rings. The number of aliphatic carboxylic acids is 1. The van der Waals surface area contributed by atoms with E-state index in [9.17, 15) is 14.7 Å². The van der Waals surface area contributed by atoms with E-state index in [0.29, 0.717) is 12.8 Å². The van der Waals surface area contributed by atoms with Crippen molar-refractivity contribution in [3.8, 4) is 0 Å². The molecular weight excluding hydrogens is 172 g/mol. The van der Waals surface area contributed by atoms with Gasteiger partial charge in [-0.1, -0.05) is 0 Å². The summed E-state index contributed by atoms with van der Waals surface area (Å²) in [5, 5.41) is 18.1. The summed E-state index contributed by atoms with van der Waals surface area (Å²) in [5.41, 5.74) is 0. The van der Waals surface area contributed by atoms with Gasteiger partial charge in [-0.2, -0.15) is 0 Å². The van der Waals surface area contributed by atoms with Crippen molar-refractivity contribution in [3.63, 3.8) is 0 Å². The third-order valence-corrected chi connectivity index (χ3v) is 2.61. The van der Waals surface area contributed by atoms with Gasteiger partial charge in [0.2, 0.25) is 0 Å². The van der Waals surface area contributed by atoms with Gasteiger partial charge in [0, 0.05) is 5.92 Å². The second-order valence-electron chi connectivity index (χ2n) is 3.70. The Morgan fingerprint density at radius 3 is 2.15 bits per heavy atom. The van der Waals surface area contributed by atoms with Gasteiger partial charge >= 0.3 is 5.97 Å². The first-order chi connectivity index (χ1) is 6.00. The summed E-state index contributed by atoms with van der Waals surface area (Å²) in [4.78, 5) is 21.7. The lowest BCUT2D eigenvalue weighted by molar-refractivity contribution is -0.145. The summed E-state index contributed by atoms with van der Waals surface area (Å²) in [6.45, 7) is 1.45. The Labute approximate surface area is 76.6 Å². The molecule has 1 aliphatic rings. The van der Waals surface area contributed by atoms with Crippen LogP contribution in [0.25, 0.3) is 0 Å². The van der Waals surface area contributed by atoms with Gasteiger partial charge in [-0.15, -0.1) is 0 Å². The number of hydrogen-bond acceptors (Lipinski definition) is 3. The molecule has 0 amide bonds. The fourth-order valence-corrected chi connectivity index (χ4v) is 1.82. The predicted molar refractivity (Wildman–Crippen MR) is 45.2 cm³/mol. The van der Waals surface area contributed by atoms with Crippen molar-refractivity contribution in [1.82, 2.24) is 0 Å². The van der Waals surface area contributed by atoms with Crippen LogP contribution in [0.15, 0.2) is 0 Å². The molecule has 13 heavy (non-hydrogen) atoms. The van der Waals surface area contributed by atoms with Crippen LogP contribution < -0.4 is 0 Å². The average molecular weight is 186 g/mol. The molecule has 0 aromatic rings. The Morgan fingerprint density at radius 1 is 1.15 bits per heavy atom. The second kappa shape index (κ2) is 3.87. The van der Waals surface area contributed by atoms with Crippen molar-refractivity contribution in [1.29, 1.82) is 0 Å². The molecule has 4 heteroatoms. The van der Waals surface area contributed by atoms with Crippen molar-refractivity contribution in [3.05, 3.63) is 0 Å². The molecule has 0 bridgehead atoms. The van der Waals surface area contributed by atoms with Crippen LogP contribution in [0.3, 0.4) is 0 Å². The Balaban J connectivity index is 2.62. The van der Waals surface area contributed by atoms with E-state index in [-0.39, 0.29) is 18.1 Å².